The van der Waals surface area contributed by atoms with Crippen LogP contribution in [0.3, 0.4) is 0 Å². The molecule has 0 amide bonds. The molecule has 298 valence electrons. The first-order chi connectivity index (χ1) is 27.2. The summed E-state index contributed by atoms with van der Waals surface area (Å²) >= 11 is 0. The molecule has 0 spiro atoms. The smallest absolute Gasteiger partial charge is 0.296 e. The molecule has 0 fully saturated rings. The van der Waals surface area contributed by atoms with Crippen LogP contribution in [0.4, 0.5) is 45.5 Å². The lowest BCUT2D eigenvalue weighted by Crippen LogP contribution is -2.03. The van der Waals surface area contributed by atoms with E-state index in [1.807, 2.05) is 0 Å². The minimum Gasteiger partial charge on any atom is -0.508 e. The Morgan fingerprint density at radius 3 is 1.53 bits per heavy atom. The molecule has 6 aromatic rings. The number of phenols is 2. The Kier molecular flexibility index (Phi) is 10.9. The lowest BCUT2D eigenvalue weighted by Gasteiger charge is -2.14. The number of nitrogens with two attached hydrogens (primary N) is 2. The molecule has 0 atom stereocenters. The van der Waals surface area contributed by atoms with Crippen molar-refractivity contribution in [2.75, 3.05) is 18.6 Å². The number of anilines is 2. The number of nitrogens with zero attached hydrogens (tertiary/aromatic N) is 6. The molecule has 6 aromatic carbocycles. The highest BCUT2D eigenvalue weighted by Gasteiger charge is 2.28. The molecular formula is C35H28N8O12S3. The number of azo groups is 3. The van der Waals surface area contributed by atoms with Crippen LogP contribution in [-0.2, 0) is 30.4 Å². The monoisotopic (exact) mass is 848 g/mol. The Balaban J connectivity index is 1.37. The molecule has 0 aliphatic carbocycles. The van der Waals surface area contributed by atoms with Crippen LogP contribution in [-0.4, -0.2) is 56.2 Å². The molecule has 0 saturated carbocycles. The van der Waals surface area contributed by atoms with Crippen molar-refractivity contribution in [3.8, 4) is 28.4 Å². The van der Waals surface area contributed by atoms with Gasteiger partial charge in [0.05, 0.1) is 35.2 Å². The maximum atomic E-state index is 12.5. The number of hydrogen-bond acceptors (Lipinski definition) is 17. The van der Waals surface area contributed by atoms with E-state index in [0.717, 1.165) is 29.3 Å². The summed E-state index contributed by atoms with van der Waals surface area (Å²) in [5.74, 6) is -1.10. The van der Waals surface area contributed by atoms with Gasteiger partial charge in [0, 0.05) is 12.1 Å². The number of rotatable bonds is 11. The third-order valence-electron chi connectivity index (χ3n) is 8.19. The Bertz CT molecular complexity index is 3050. The van der Waals surface area contributed by atoms with Gasteiger partial charge in [-0.15, -0.1) is 20.5 Å². The summed E-state index contributed by atoms with van der Waals surface area (Å²) in [7, 11) is -14.2. The Labute approximate surface area is 328 Å². The fraction of sp³-hybridized carbons (Fsp3) is 0.0286. The van der Waals surface area contributed by atoms with E-state index in [1.165, 1.54) is 43.5 Å². The predicted molar refractivity (Wildman–Crippen MR) is 209 cm³/mol. The van der Waals surface area contributed by atoms with Crippen LogP contribution < -0.4 is 16.2 Å². The molecule has 0 radical (unpaired) electrons. The number of aromatic hydroxyl groups is 2. The second kappa shape index (κ2) is 15.6. The van der Waals surface area contributed by atoms with E-state index < -0.39 is 84.3 Å². The normalized spacial score (nSPS) is 12.6. The van der Waals surface area contributed by atoms with Gasteiger partial charge in [0.25, 0.3) is 30.4 Å². The molecule has 6 rings (SSSR count). The van der Waals surface area contributed by atoms with Crippen molar-refractivity contribution >= 4 is 86.6 Å². The van der Waals surface area contributed by atoms with E-state index in [-0.39, 0.29) is 22.9 Å². The van der Waals surface area contributed by atoms with E-state index in [0.29, 0.717) is 17.4 Å². The Hall–Kier alpha value is -6.89. The van der Waals surface area contributed by atoms with Gasteiger partial charge in [-0.05, 0) is 77.2 Å². The number of benzene rings is 6. The number of nitrogen functional groups attached to an aromatic ring is 2. The first-order valence-electron chi connectivity index (χ1n) is 16.0. The first kappa shape index (κ1) is 40.8. The van der Waals surface area contributed by atoms with Crippen LogP contribution in [0, 0.1) is 0 Å². The highest BCUT2D eigenvalue weighted by atomic mass is 32.2. The average molecular weight is 849 g/mol. The standard InChI is InChI=1S/C35H28N8O12S3/c1-55-24-11-13-27(28(17-24)56(46,47)48)41-43-34-30(58(52,53)54)15-20-14-29(57(49,50)51)33(32(37)31(20)35(34)45)42-39-22-8-4-19(5-9-22)18-2-6-21(7-3-18)38-40-26-12-10-23(44)16-25(26)36/h2-17,44-45H,36-37H2,1H3,(H,46,47,48)(H,49,50,51)(H,52,53,54). The Morgan fingerprint density at radius 1 is 0.534 bits per heavy atom. The fourth-order valence-electron chi connectivity index (χ4n) is 5.41. The van der Waals surface area contributed by atoms with E-state index >= 15 is 0 Å². The van der Waals surface area contributed by atoms with Crippen molar-refractivity contribution in [2.45, 2.75) is 14.7 Å². The molecule has 20 nitrogen and oxygen atoms in total. The average Bonchev–Trinajstić information content (AvgIpc) is 3.15. The number of ether oxygens (including phenoxy) is 1. The van der Waals surface area contributed by atoms with Crippen molar-refractivity contribution < 1.29 is 53.9 Å². The van der Waals surface area contributed by atoms with Crippen molar-refractivity contribution in [1.82, 2.24) is 0 Å². The molecule has 58 heavy (non-hydrogen) atoms. The lowest BCUT2D eigenvalue weighted by molar-refractivity contribution is 0.412. The summed E-state index contributed by atoms with van der Waals surface area (Å²) in [5.41, 5.74) is 12.1. The maximum Gasteiger partial charge on any atom is 0.296 e. The summed E-state index contributed by atoms with van der Waals surface area (Å²) < 4.78 is 109. The summed E-state index contributed by atoms with van der Waals surface area (Å²) in [6.07, 6.45) is 0. The van der Waals surface area contributed by atoms with Crippen LogP contribution in [0.5, 0.6) is 17.2 Å². The van der Waals surface area contributed by atoms with Crippen molar-refractivity contribution in [3.63, 3.8) is 0 Å². The zero-order valence-corrected chi connectivity index (χ0v) is 31.8. The van der Waals surface area contributed by atoms with Gasteiger partial charge in [0.1, 0.15) is 48.9 Å². The first-order valence-corrected chi connectivity index (χ1v) is 20.3. The van der Waals surface area contributed by atoms with Gasteiger partial charge in [-0.1, -0.05) is 24.3 Å². The van der Waals surface area contributed by atoms with Crippen LogP contribution in [0.1, 0.15) is 0 Å². The molecular weight excluding hydrogens is 821 g/mol. The zero-order valence-electron chi connectivity index (χ0n) is 29.4. The molecule has 23 heteroatoms. The summed E-state index contributed by atoms with van der Waals surface area (Å²) in [6, 6.07) is 22.2. The van der Waals surface area contributed by atoms with Gasteiger partial charge in [-0.2, -0.15) is 35.5 Å². The van der Waals surface area contributed by atoms with Crippen LogP contribution in [0.2, 0.25) is 0 Å². The van der Waals surface area contributed by atoms with Crippen LogP contribution >= 0.6 is 0 Å². The van der Waals surface area contributed by atoms with E-state index in [1.54, 1.807) is 36.4 Å². The molecule has 0 aliphatic rings. The van der Waals surface area contributed by atoms with E-state index in [9.17, 15) is 49.1 Å². The second-order valence-corrected chi connectivity index (χ2v) is 16.2. The molecule has 0 aromatic heterocycles. The zero-order chi connectivity index (χ0) is 42.2. The minimum absolute atomic E-state index is 0.00194. The molecule has 0 saturated heterocycles. The van der Waals surface area contributed by atoms with Gasteiger partial charge in [-0.3, -0.25) is 13.7 Å². The van der Waals surface area contributed by atoms with Gasteiger partial charge in [0.15, 0.2) is 5.75 Å². The Morgan fingerprint density at radius 2 is 1.02 bits per heavy atom. The quantitative estimate of drug-likeness (QED) is 0.0368. The third kappa shape index (κ3) is 8.73. The SMILES string of the molecule is COc1ccc(N=Nc2c(S(=O)(=O)O)cc3cc(S(=O)(=O)O)c(N=Nc4ccc(-c5ccc(N=Nc6ccc(O)cc6N)cc5)cc4)c(N)c3c2O)c(S(=O)(=O)O)c1. The van der Waals surface area contributed by atoms with Crippen molar-refractivity contribution in [1.29, 1.82) is 0 Å². The summed E-state index contributed by atoms with van der Waals surface area (Å²) in [6.45, 7) is 0. The number of phenolic OH excluding ortho intramolecular Hbond substituents is 2. The minimum atomic E-state index is -5.28. The highest BCUT2D eigenvalue weighted by molar-refractivity contribution is 7.86. The van der Waals surface area contributed by atoms with Crippen LogP contribution in [0.25, 0.3) is 21.9 Å². The van der Waals surface area contributed by atoms with Gasteiger partial charge >= 0.3 is 0 Å². The fourth-order valence-corrected chi connectivity index (χ4v) is 7.38. The van der Waals surface area contributed by atoms with Crippen LogP contribution in [0.15, 0.2) is 142 Å². The molecule has 0 aliphatic heterocycles. The summed E-state index contributed by atoms with van der Waals surface area (Å²) in [4.78, 5) is -2.89. The molecule has 0 unspecified atom stereocenters. The lowest BCUT2D eigenvalue weighted by atomic mass is 10.0. The van der Waals surface area contributed by atoms with Gasteiger partial charge < -0.3 is 26.4 Å². The third-order valence-corrected chi connectivity index (χ3v) is 10.8. The molecule has 9 N–H and O–H groups in total. The van der Waals surface area contributed by atoms with Gasteiger partial charge in [-0.25, -0.2) is 0 Å². The maximum absolute atomic E-state index is 12.5. The van der Waals surface area contributed by atoms with E-state index in [4.69, 9.17) is 16.2 Å². The van der Waals surface area contributed by atoms with Crippen molar-refractivity contribution in [3.05, 3.63) is 97.1 Å². The van der Waals surface area contributed by atoms with E-state index in [2.05, 4.69) is 30.7 Å². The van der Waals surface area contributed by atoms with Gasteiger partial charge in [0.2, 0.25) is 0 Å². The predicted octanol–water partition coefficient (Wildman–Crippen LogP) is 8.08. The number of methoxy groups -OCH3 is 1. The highest BCUT2D eigenvalue weighted by Crippen LogP contribution is 2.48. The molecule has 0 heterocycles. The topological polar surface area (TPSA) is 339 Å². The largest absolute Gasteiger partial charge is 0.508 e. The number of fused-ring (bicyclic) bond motifs is 1. The number of hydrogen-bond donors (Lipinski definition) is 7. The van der Waals surface area contributed by atoms with Crippen molar-refractivity contribution in [2.24, 2.45) is 30.7 Å². The second-order valence-electron chi connectivity index (χ2n) is 12.0. The summed E-state index contributed by atoms with van der Waals surface area (Å²) in [5, 5.41) is 43.4. The molecule has 0 bridgehead atoms.